The minimum atomic E-state index is 0.680. The van der Waals surface area contributed by atoms with Gasteiger partial charge in [-0.2, -0.15) is 5.10 Å². The van der Waals surface area contributed by atoms with Gasteiger partial charge in [-0.3, -0.25) is 9.25 Å². The number of hydrogen-bond donors (Lipinski definition) is 0. The molecule has 4 nitrogen and oxygen atoms in total. The van der Waals surface area contributed by atoms with Crippen LogP contribution < -0.4 is 0 Å². The summed E-state index contributed by atoms with van der Waals surface area (Å²) in [5.41, 5.74) is 2.20. The van der Waals surface area contributed by atoms with E-state index < -0.39 is 0 Å². The Morgan fingerprint density at radius 1 is 1.28 bits per heavy atom. The summed E-state index contributed by atoms with van der Waals surface area (Å²) in [6, 6.07) is 8.32. The first-order valence-electron chi connectivity index (χ1n) is 6.29. The molecule has 0 atom stereocenters. The first-order chi connectivity index (χ1) is 8.83. The number of pyridine rings is 1. The maximum atomic E-state index is 4.60. The van der Waals surface area contributed by atoms with Crippen molar-refractivity contribution in [1.29, 1.82) is 0 Å². The zero-order valence-corrected chi connectivity index (χ0v) is 10.2. The highest BCUT2D eigenvalue weighted by molar-refractivity contribution is 5.77. The Labute approximate surface area is 105 Å². The number of aromatic nitrogens is 4. The Morgan fingerprint density at radius 2 is 2.17 bits per heavy atom. The molecule has 0 aromatic carbocycles. The Kier molecular flexibility index (Phi) is 1.89. The minimum Gasteiger partial charge on any atom is -0.286 e. The summed E-state index contributed by atoms with van der Waals surface area (Å²) in [7, 11) is 2.00. The van der Waals surface area contributed by atoms with Crippen LogP contribution in [0.15, 0.2) is 36.7 Å². The van der Waals surface area contributed by atoms with Gasteiger partial charge in [-0.25, -0.2) is 4.98 Å². The third-order valence-electron chi connectivity index (χ3n) is 3.56. The van der Waals surface area contributed by atoms with Gasteiger partial charge in [0.15, 0.2) is 0 Å². The fourth-order valence-corrected chi connectivity index (χ4v) is 2.43. The first-order valence-corrected chi connectivity index (χ1v) is 6.29. The molecule has 3 heterocycles. The molecule has 0 aliphatic heterocycles. The van der Waals surface area contributed by atoms with Gasteiger partial charge in [0.2, 0.25) is 0 Å². The van der Waals surface area contributed by atoms with Gasteiger partial charge in [0.25, 0.3) is 0 Å². The number of nitrogens with zero attached hydrogens (tertiary/aromatic N) is 4. The second-order valence-electron chi connectivity index (χ2n) is 4.93. The zero-order chi connectivity index (χ0) is 12.1. The monoisotopic (exact) mass is 238 g/mol. The summed E-state index contributed by atoms with van der Waals surface area (Å²) in [5.74, 6) is 1.77. The lowest BCUT2D eigenvalue weighted by atomic mass is 10.3. The lowest BCUT2D eigenvalue weighted by molar-refractivity contribution is 0.718. The van der Waals surface area contributed by atoms with Crippen LogP contribution in [0.25, 0.3) is 16.9 Å². The van der Waals surface area contributed by atoms with Crippen LogP contribution in [0, 0.1) is 0 Å². The van der Waals surface area contributed by atoms with E-state index in [0.29, 0.717) is 5.92 Å². The minimum absolute atomic E-state index is 0.680. The Hall–Kier alpha value is -2.10. The second-order valence-corrected chi connectivity index (χ2v) is 4.93. The molecule has 0 unspecified atom stereocenters. The molecule has 0 bridgehead atoms. The van der Waals surface area contributed by atoms with Crippen molar-refractivity contribution in [1.82, 2.24) is 19.3 Å². The van der Waals surface area contributed by atoms with Gasteiger partial charge in [-0.05, 0) is 31.0 Å². The molecule has 90 valence electrons. The molecule has 3 aromatic heterocycles. The van der Waals surface area contributed by atoms with Crippen molar-refractivity contribution in [2.24, 2.45) is 7.05 Å². The normalized spacial score (nSPS) is 15.4. The first kappa shape index (κ1) is 9.88. The lowest BCUT2D eigenvalue weighted by Crippen LogP contribution is -2.02. The maximum Gasteiger partial charge on any atom is 0.145 e. The molecule has 0 radical (unpaired) electrons. The largest absolute Gasteiger partial charge is 0.286 e. The van der Waals surface area contributed by atoms with Gasteiger partial charge in [0.1, 0.15) is 11.5 Å². The highest BCUT2D eigenvalue weighted by Gasteiger charge is 2.27. The van der Waals surface area contributed by atoms with E-state index in [9.17, 15) is 0 Å². The summed E-state index contributed by atoms with van der Waals surface area (Å²) in [4.78, 5) is 4.45. The molecular formula is C14H14N4. The molecule has 0 spiro atoms. The molecule has 4 rings (SSSR count). The van der Waals surface area contributed by atoms with Gasteiger partial charge in [0, 0.05) is 36.8 Å². The molecular weight excluding hydrogens is 224 g/mol. The highest BCUT2D eigenvalue weighted by atomic mass is 15.3. The molecule has 1 aliphatic carbocycles. The van der Waals surface area contributed by atoms with E-state index in [-0.39, 0.29) is 0 Å². The van der Waals surface area contributed by atoms with Crippen LogP contribution in [0.4, 0.5) is 0 Å². The molecule has 0 saturated heterocycles. The van der Waals surface area contributed by atoms with Crippen molar-refractivity contribution in [3.8, 4) is 5.82 Å². The number of hydrogen-bond acceptors (Lipinski definition) is 2. The molecule has 1 fully saturated rings. The Bertz CT molecular complexity index is 718. The topological polar surface area (TPSA) is 35.6 Å². The smallest absolute Gasteiger partial charge is 0.145 e. The van der Waals surface area contributed by atoms with Gasteiger partial charge in [0.05, 0.1) is 5.69 Å². The van der Waals surface area contributed by atoms with E-state index >= 15 is 0 Å². The molecule has 4 heteroatoms. The van der Waals surface area contributed by atoms with Gasteiger partial charge >= 0.3 is 0 Å². The molecule has 0 N–H and O–H groups in total. The van der Waals surface area contributed by atoms with Crippen LogP contribution in [-0.2, 0) is 7.05 Å². The lowest BCUT2D eigenvalue weighted by Gasteiger charge is -2.03. The van der Waals surface area contributed by atoms with E-state index in [1.165, 1.54) is 18.5 Å². The number of aryl methyl sites for hydroxylation is 1. The van der Waals surface area contributed by atoms with Crippen molar-refractivity contribution in [2.45, 2.75) is 18.8 Å². The van der Waals surface area contributed by atoms with Crippen molar-refractivity contribution >= 4 is 11.0 Å². The van der Waals surface area contributed by atoms with E-state index in [1.54, 1.807) is 0 Å². The molecule has 1 aliphatic rings. The Balaban J connectivity index is 1.91. The fraction of sp³-hybridized carbons (Fsp3) is 0.286. The van der Waals surface area contributed by atoms with Crippen LogP contribution in [-0.4, -0.2) is 19.3 Å². The maximum absolute atomic E-state index is 4.60. The SMILES string of the molecule is Cn1nc(C2CC2)cc1-n1ccc2cccnc21. The predicted molar refractivity (Wildman–Crippen MR) is 69.8 cm³/mol. The van der Waals surface area contributed by atoms with E-state index in [1.807, 2.05) is 24.0 Å². The van der Waals surface area contributed by atoms with E-state index in [4.69, 9.17) is 0 Å². The molecule has 18 heavy (non-hydrogen) atoms. The second kappa shape index (κ2) is 3.45. The number of rotatable bonds is 2. The van der Waals surface area contributed by atoms with Crippen molar-refractivity contribution < 1.29 is 0 Å². The summed E-state index contributed by atoms with van der Waals surface area (Å²) < 4.78 is 4.05. The van der Waals surface area contributed by atoms with Crippen LogP contribution in [0.3, 0.4) is 0 Å². The van der Waals surface area contributed by atoms with Crippen LogP contribution in [0.5, 0.6) is 0 Å². The average molecular weight is 238 g/mol. The quantitative estimate of drug-likeness (QED) is 0.688. The van der Waals surface area contributed by atoms with Crippen molar-refractivity contribution in [2.75, 3.05) is 0 Å². The number of fused-ring (bicyclic) bond motifs is 1. The van der Waals surface area contributed by atoms with Crippen LogP contribution in [0.1, 0.15) is 24.5 Å². The van der Waals surface area contributed by atoms with E-state index in [2.05, 4.69) is 39.0 Å². The van der Waals surface area contributed by atoms with Crippen LogP contribution in [0.2, 0.25) is 0 Å². The standard InChI is InChI=1S/C14H14N4/c1-17-13(9-12(16-17)10-4-5-10)18-8-6-11-3-2-7-15-14(11)18/h2-3,6-10H,4-5H2,1H3. The molecule has 3 aromatic rings. The third kappa shape index (κ3) is 1.38. The molecule has 1 saturated carbocycles. The average Bonchev–Trinajstić information content (AvgIpc) is 3.04. The summed E-state index contributed by atoms with van der Waals surface area (Å²) in [6.07, 6.45) is 6.45. The van der Waals surface area contributed by atoms with E-state index in [0.717, 1.165) is 16.9 Å². The highest BCUT2D eigenvalue weighted by Crippen LogP contribution is 2.39. The van der Waals surface area contributed by atoms with Gasteiger partial charge in [-0.15, -0.1) is 0 Å². The predicted octanol–water partition coefficient (Wildman–Crippen LogP) is 2.64. The Morgan fingerprint density at radius 3 is 3.00 bits per heavy atom. The third-order valence-corrected chi connectivity index (χ3v) is 3.56. The fourth-order valence-electron chi connectivity index (χ4n) is 2.43. The zero-order valence-electron chi connectivity index (χ0n) is 10.2. The van der Waals surface area contributed by atoms with Crippen LogP contribution >= 0.6 is 0 Å². The summed E-state index contributed by atoms with van der Waals surface area (Å²) >= 11 is 0. The van der Waals surface area contributed by atoms with Crippen molar-refractivity contribution in [3.63, 3.8) is 0 Å². The van der Waals surface area contributed by atoms with Crippen molar-refractivity contribution in [3.05, 3.63) is 42.4 Å². The van der Waals surface area contributed by atoms with Gasteiger partial charge < -0.3 is 0 Å². The summed E-state index contributed by atoms with van der Waals surface area (Å²) in [6.45, 7) is 0. The van der Waals surface area contributed by atoms with Gasteiger partial charge in [-0.1, -0.05) is 0 Å². The summed E-state index contributed by atoms with van der Waals surface area (Å²) in [5, 5.41) is 5.76. The molecule has 0 amide bonds.